The number of pyridine rings is 1. The predicted molar refractivity (Wildman–Crippen MR) is 136 cm³/mol. The molecule has 184 valence electrons. The van der Waals surface area contributed by atoms with Crippen molar-refractivity contribution < 1.29 is 9.47 Å². The van der Waals surface area contributed by atoms with Gasteiger partial charge in [0.2, 0.25) is 0 Å². The maximum Gasteiger partial charge on any atom is 0.146 e. The van der Waals surface area contributed by atoms with Gasteiger partial charge in [-0.1, -0.05) is 32.9 Å². The van der Waals surface area contributed by atoms with Gasteiger partial charge in [-0.05, 0) is 49.1 Å². The lowest BCUT2D eigenvalue weighted by atomic mass is 9.97. The third kappa shape index (κ3) is 6.41. The number of ether oxygens (including phenoxy) is 2. The van der Waals surface area contributed by atoms with Crippen molar-refractivity contribution >= 4 is 0 Å². The van der Waals surface area contributed by atoms with Crippen LogP contribution in [0.15, 0.2) is 55.1 Å². The van der Waals surface area contributed by atoms with Crippen LogP contribution in [0.1, 0.15) is 55.3 Å². The van der Waals surface area contributed by atoms with Crippen LogP contribution < -0.4 is 9.47 Å². The lowest BCUT2D eigenvalue weighted by Crippen LogP contribution is -2.08. The molecule has 0 unspecified atom stereocenters. The molecule has 4 aromatic rings. The Hall–Kier alpha value is -3.81. The molecule has 0 amide bonds. The summed E-state index contributed by atoms with van der Waals surface area (Å²) < 4.78 is 13.0. The number of aromatic nitrogens is 6. The van der Waals surface area contributed by atoms with Gasteiger partial charge in [-0.15, -0.1) is 10.2 Å². The van der Waals surface area contributed by atoms with Gasteiger partial charge in [-0.2, -0.15) is 0 Å². The molecule has 0 aliphatic heterocycles. The van der Waals surface area contributed by atoms with Crippen molar-refractivity contribution in [1.29, 1.82) is 0 Å². The summed E-state index contributed by atoms with van der Waals surface area (Å²) in [5, 5.41) is 8.53. The van der Waals surface area contributed by atoms with E-state index in [1.54, 1.807) is 20.4 Å². The van der Waals surface area contributed by atoms with Gasteiger partial charge in [0.05, 0.1) is 14.2 Å². The van der Waals surface area contributed by atoms with Crippen LogP contribution in [-0.4, -0.2) is 43.9 Å². The molecule has 0 spiro atoms. The van der Waals surface area contributed by atoms with Crippen molar-refractivity contribution in [2.24, 2.45) is 5.92 Å². The van der Waals surface area contributed by atoms with E-state index in [1.165, 1.54) is 0 Å². The molecule has 0 bridgehead atoms. The number of benzene rings is 1. The first-order valence-corrected chi connectivity index (χ1v) is 11.6. The molecule has 1 atom stereocenters. The van der Waals surface area contributed by atoms with Crippen molar-refractivity contribution in [2.45, 2.75) is 47.0 Å². The fourth-order valence-corrected chi connectivity index (χ4v) is 3.48. The van der Waals surface area contributed by atoms with Gasteiger partial charge >= 0.3 is 0 Å². The summed E-state index contributed by atoms with van der Waals surface area (Å²) in [6.45, 7) is 10.5. The average molecular weight is 475 g/mol. The molecule has 1 aromatic carbocycles. The minimum atomic E-state index is 0.450. The van der Waals surface area contributed by atoms with Crippen molar-refractivity contribution in [3.8, 4) is 17.2 Å². The highest BCUT2D eigenvalue weighted by molar-refractivity contribution is 5.58. The quantitative estimate of drug-likeness (QED) is 0.367. The van der Waals surface area contributed by atoms with Crippen LogP contribution in [0, 0.1) is 19.8 Å². The number of hydrogen-bond acceptors (Lipinski definition) is 7. The molecule has 35 heavy (non-hydrogen) atoms. The number of hydrogen-bond donors (Lipinski definition) is 0. The fraction of sp³-hybridized carbons (Fsp3) is 0.370. The molecule has 0 N–H and O–H groups in total. The second-order valence-corrected chi connectivity index (χ2v) is 8.70. The molecule has 0 aliphatic carbocycles. The zero-order valence-electron chi connectivity index (χ0n) is 21.6. The monoisotopic (exact) mass is 474 g/mol. The molecule has 4 rings (SSSR count). The summed E-state index contributed by atoms with van der Waals surface area (Å²) in [6, 6.07) is 9.60. The lowest BCUT2D eigenvalue weighted by Gasteiger charge is -2.16. The third-order valence-corrected chi connectivity index (χ3v) is 5.81. The number of methoxy groups -OCH3 is 2. The number of aryl methyl sites for hydroxylation is 2. The van der Waals surface area contributed by atoms with Crippen LogP contribution in [0.2, 0.25) is 0 Å². The largest absolute Gasteiger partial charge is 0.494 e. The smallest absolute Gasteiger partial charge is 0.146 e. The van der Waals surface area contributed by atoms with Gasteiger partial charge in [-0.3, -0.25) is 9.55 Å². The van der Waals surface area contributed by atoms with E-state index in [1.807, 2.05) is 67.3 Å². The Morgan fingerprint density at radius 3 is 2.06 bits per heavy atom. The summed E-state index contributed by atoms with van der Waals surface area (Å²) in [6.07, 6.45) is 7.95. The second-order valence-electron chi connectivity index (χ2n) is 8.70. The number of nitrogens with zero attached hydrogens (tertiary/aromatic N) is 6. The molecule has 8 nitrogen and oxygen atoms in total. The summed E-state index contributed by atoms with van der Waals surface area (Å²) in [7, 11) is 3.28. The van der Waals surface area contributed by atoms with E-state index < -0.39 is 0 Å². The van der Waals surface area contributed by atoms with Gasteiger partial charge in [0, 0.05) is 37.1 Å². The highest BCUT2D eigenvalue weighted by Gasteiger charge is 2.19. The van der Waals surface area contributed by atoms with Crippen molar-refractivity contribution in [1.82, 2.24) is 29.7 Å². The Balaban J connectivity index is 0.000000241. The first-order valence-electron chi connectivity index (χ1n) is 11.6. The Kier molecular flexibility index (Phi) is 8.89. The van der Waals surface area contributed by atoms with Crippen molar-refractivity contribution in [3.63, 3.8) is 0 Å². The molecule has 0 saturated heterocycles. The normalized spacial score (nSPS) is 11.5. The SMILES string of the molecule is COc1cccc(OC)c1-n1c(C)nnc1Cc1cccnc1.Cc1cnc([C@@H](C)C(C)C)nc1. The zero-order chi connectivity index (χ0) is 25.4. The van der Waals surface area contributed by atoms with Gasteiger partial charge in [0.1, 0.15) is 34.7 Å². The molecule has 0 fully saturated rings. The molecule has 0 saturated carbocycles. The lowest BCUT2D eigenvalue weighted by molar-refractivity contribution is 0.390. The van der Waals surface area contributed by atoms with Crippen LogP contribution in [0.25, 0.3) is 5.69 Å². The Morgan fingerprint density at radius 2 is 1.51 bits per heavy atom. The minimum absolute atomic E-state index is 0.450. The van der Waals surface area contributed by atoms with E-state index in [0.29, 0.717) is 29.8 Å². The second kappa shape index (κ2) is 12.1. The topological polar surface area (TPSA) is 87.8 Å². The molecular weight excluding hydrogens is 440 g/mol. The maximum atomic E-state index is 5.50. The number of para-hydroxylation sites is 1. The Bertz CT molecular complexity index is 1180. The first-order chi connectivity index (χ1) is 16.8. The Labute approximate surface area is 207 Å². The first kappa shape index (κ1) is 25.8. The van der Waals surface area contributed by atoms with Crippen LogP contribution in [0.4, 0.5) is 0 Å². The number of rotatable bonds is 7. The minimum Gasteiger partial charge on any atom is -0.494 e. The molecule has 0 aliphatic rings. The highest BCUT2D eigenvalue weighted by atomic mass is 16.5. The van der Waals surface area contributed by atoms with Crippen LogP contribution in [0.3, 0.4) is 0 Å². The zero-order valence-corrected chi connectivity index (χ0v) is 21.6. The van der Waals surface area contributed by atoms with Gasteiger partial charge < -0.3 is 9.47 Å². The summed E-state index contributed by atoms with van der Waals surface area (Å²) in [5.41, 5.74) is 2.99. The van der Waals surface area contributed by atoms with E-state index in [0.717, 1.165) is 34.3 Å². The van der Waals surface area contributed by atoms with Gasteiger partial charge in [0.25, 0.3) is 0 Å². The fourth-order valence-electron chi connectivity index (χ4n) is 3.48. The van der Waals surface area contributed by atoms with E-state index in [4.69, 9.17) is 9.47 Å². The summed E-state index contributed by atoms with van der Waals surface area (Å²) in [5.74, 6) is 5.00. The van der Waals surface area contributed by atoms with Crippen LogP contribution in [0.5, 0.6) is 11.5 Å². The van der Waals surface area contributed by atoms with E-state index in [2.05, 4.69) is 45.9 Å². The van der Waals surface area contributed by atoms with E-state index in [-0.39, 0.29) is 0 Å². The van der Waals surface area contributed by atoms with Crippen molar-refractivity contribution in [3.05, 3.63) is 83.7 Å². The van der Waals surface area contributed by atoms with E-state index >= 15 is 0 Å². The maximum absolute atomic E-state index is 5.50. The van der Waals surface area contributed by atoms with Gasteiger partial charge in [0.15, 0.2) is 0 Å². The summed E-state index contributed by atoms with van der Waals surface area (Å²) >= 11 is 0. The van der Waals surface area contributed by atoms with Crippen LogP contribution >= 0.6 is 0 Å². The summed E-state index contributed by atoms with van der Waals surface area (Å²) in [4.78, 5) is 12.7. The molecular formula is C27H34N6O2. The standard InChI is InChI=1S/C17H18N4O2.C10H16N2/c1-12-19-20-16(10-13-6-5-9-18-11-13)21(12)17-14(22-2)7-4-8-15(17)23-3;1-7(2)9(4)10-11-5-8(3)6-12-10/h4-9,11H,10H2,1-3H3;5-7,9H,1-4H3/t;9-/m.0/s1. The van der Waals surface area contributed by atoms with E-state index in [9.17, 15) is 0 Å². The Morgan fingerprint density at radius 1 is 0.857 bits per heavy atom. The third-order valence-electron chi connectivity index (χ3n) is 5.81. The van der Waals surface area contributed by atoms with Crippen LogP contribution in [-0.2, 0) is 6.42 Å². The molecule has 0 radical (unpaired) electrons. The highest BCUT2D eigenvalue weighted by Crippen LogP contribution is 2.34. The molecule has 3 aromatic heterocycles. The average Bonchev–Trinajstić information content (AvgIpc) is 3.23. The molecule has 3 heterocycles. The molecule has 8 heteroatoms. The van der Waals surface area contributed by atoms with Crippen molar-refractivity contribution in [2.75, 3.05) is 14.2 Å². The van der Waals surface area contributed by atoms with Gasteiger partial charge in [-0.25, -0.2) is 9.97 Å². The predicted octanol–water partition coefficient (Wildman–Crippen LogP) is 5.12.